The first-order valence-corrected chi connectivity index (χ1v) is 31.9. The molecule has 33 nitrogen and oxygen atoms in total. The predicted molar refractivity (Wildman–Crippen MR) is 338 cm³/mol. The quantitative estimate of drug-likeness (QED) is 0.0303. The number of hydrogen-bond donors (Lipinski definition) is 12. The van der Waals surface area contributed by atoms with Crippen molar-refractivity contribution in [3.8, 4) is 0 Å². The number of piperazine rings is 2. The second-order valence-electron chi connectivity index (χ2n) is 24.0. The molecule has 3 amide bonds. The molecule has 3 aliphatic rings. The number of carbonyl (C=O) groups excluding carboxylic acids is 3. The van der Waals surface area contributed by atoms with Crippen LogP contribution >= 0.6 is 0 Å². The maximum Gasteiger partial charge on any atom is 0.326 e. The van der Waals surface area contributed by atoms with Crippen LogP contribution in [0.3, 0.4) is 0 Å². The number of hydrogen-bond acceptors (Lipinski definition) is 23. The van der Waals surface area contributed by atoms with Crippen molar-refractivity contribution < 1.29 is 88.8 Å². The fourth-order valence-corrected chi connectivity index (χ4v) is 11.4. The molecule has 5 rings (SSSR count). The van der Waals surface area contributed by atoms with Gasteiger partial charge in [-0.3, -0.25) is 63.0 Å². The van der Waals surface area contributed by atoms with Crippen molar-refractivity contribution in [3.05, 3.63) is 29.8 Å². The standard InChI is InChI=1S/C60H95N15O18/c76-42-60(43-77,18-17-49(79)80)67-59(93)63-47(55(91)92)11-8-9-19-61-48(78)12-7-5-3-1-2-4-6-10-20-68-25-30-73(31-26-68)57-64-56(65-58(66-57)74-32-27-71(28-33-74)39-52(85)86)62-45-15-13-44(14-16-45)35-46-36-72(40-53(87)88)24-23-69(37-50(81)82)21-22-70(38-51(83)84)29-34-75(46)41-54(89)90/h13-16,42,46-47,77H,1-12,17-41,43H2,(H,61,78)(H,79,80)(H,81,82)(H,83,84)(H,85,86)(H,87,88)(H,89,90)(H,91,92)(H2,63,67,93)(H,62,64,65,66)/t46?,47-,60+/m0/s1. The molecule has 93 heavy (non-hydrogen) atoms. The van der Waals surface area contributed by atoms with Crippen LogP contribution in [0.2, 0.25) is 0 Å². The van der Waals surface area contributed by atoms with Gasteiger partial charge in [0.15, 0.2) is 0 Å². The molecule has 1 aromatic carbocycles. The lowest BCUT2D eigenvalue weighted by Crippen LogP contribution is -2.58. The van der Waals surface area contributed by atoms with E-state index in [0.29, 0.717) is 95.0 Å². The van der Waals surface area contributed by atoms with Gasteiger partial charge in [-0.1, -0.05) is 50.7 Å². The first-order chi connectivity index (χ1) is 44.5. The predicted octanol–water partition coefficient (Wildman–Crippen LogP) is -0.241. The van der Waals surface area contributed by atoms with Crippen LogP contribution in [0.25, 0.3) is 0 Å². The number of aliphatic carboxylic acids is 7. The number of benzene rings is 1. The summed E-state index contributed by atoms with van der Waals surface area (Å²) in [5.74, 6) is -6.70. The Morgan fingerprint density at radius 2 is 1.02 bits per heavy atom. The Bertz CT molecular complexity index is 2740. The maximum atomic E-state index is 12.4. The van der Waals surface area contributed by atoms with Crippen LogP contribution in [0.15, 0.2) is 24.3 Å². The number of aliphatic hydroxyl groups is 1. The minimum absolute atomic E-state index is 0.0342. The summed E-state index contributed by atoms with van der Waals surface area (Å²) in [5.41, 5.74) is -0.431. The molecule has 1 aromatic heterocycles. The number of aldehydes is 1. The number of amides is 3. The van der Waals surface area contributed by atoms with E-state index in [1.165, 1.54) is 0 Å². The van der Waals surface area contributed by atoms with Crippen LogP contribution in [0.4, 0.5) is 28.3 Å². The zero-order valence-electron chi connectivity index (χ0n) is 53.0. The Kier molecular flexibility index (Phi) is 32.8. The van der Waals surface area contributed by atoms with E-state index in [9.17, 15) is 83.7 Å². The van der Waals surface area contributed by atoms with Crippen molar-refractivity contribution in [1.29, 1.82) is 0 Å². The van der Waals surface area contributed by atoms with Gasteiger partial charge in [0.05, 0.1) is 39.3 Å². The van der Waals surface area contributed by atoms with E-state index in [0.717, 1.165) is 76.6 Å². The van der Waals surface area contributed by atoms with E-state index in [2.05, 4.69) is 31.1 Å². The van der Waals surface area contributed by atoms with Gasteiger partial charge in [0.1, 0.15) is 17.9 Å². The highest BCUT2D eigenvalue weighted by Gasteiger charge is 2.34. The summed E-state index contributed by atoms with van der Waals surface area (Å²) in [6.07, 6.45) is 8.92. The van der Waals surface area contributed by atoms with Gasteiger partial charge in [-0.25, -0.2) is 9.59 Å². The van der Waals surface area contributed by atoms with Crippen LogP contribution in [0.5, 0.6) is 0 Å². The van der Waals surface area contributed by atoms with E-state index in [1.54, 1.807) is 19.6 Å². The number of nitrogens with zero attached hydrogens (tertiary/aromatic N) is 11. The van der Waals surface area contributed by atoms with E-state index in [4.69, 9.17) is 20.1 Å². The molecule has 3 aliphatic heterocycles. The van der Waals surface area contributed by atoms with Crippen LogP contribution < -0.4 is 31.1 Å². The van der Waals surface area contributed by atoms with Gasteiger partial charge in [0.25, 0.3) is 0 Å². The van der Waals surface area contributed by atoms with Crippen molar-refractivity contribution in [2.45, 2.75) is 114 Å². The number of urea groups is 1. The third kappa shape index (κ3) is 29.3. The van der Waals surface area contributed by atoms with Gasteiger partial charge in [0, 0.05) is 129 Å². The van der Waals surface area contributed by atoms with E-state index >= 15 is 0 Å². The molecule has 0 radical (unpaired) electrons. The minimum Gasteiger partial charge on any atom is -0.481 e. The van der Waals surface area contributed by atoms with Gasteiger partial charge in [-0.2, -0.15) is 15.0 Å². The van der Waals surface area contributed by atoms with Crippen LogP contribution in [0, 0.1) is 0 Å². The molecular weight excluding hydrogens is 1220 g/mol. The number of anilines is 4. The molecule has 3 fully saturated rings. The maximum absolute atomic E-state index is 12.4. The molecule has 3 atom stereocenters. The molecule has 0 bridgehead atoms. The van der Waals surface area contributed by atoms with Crippen LogP contribution in [-0.2, 0) is 49.6 Å². The molecule has 2 aromatic rings. The summed E-state index contributed by atoms with van der Waals surface area (Å²) in [6, 6.07) is 4.51. The summed E-state index contributed by atoms with van der Waals surface area (Å²) in [5, 5.41) is 87.4. The molecule has 0 spiro atoms. The lowest BCUT2D eigenvalue weighted by atomic mass is 9.96. The molecule has 12 N–H and O–H groups in total. The number of aromatic nitrogens is 3. The number of unbranched alkanes of at least 4 members (excludes halogenated alkanes) is 8. The van der Waals surface area contributed by atoms with Crippen molar-refractivity contribution in [3.63, 3.8) is 0 Å². The lowest BCUT2D eigenvalue weighted by Gasteiger charge is -2.37. The smallest absolute Gasteiger partial charge is 0.326 e. The van der Waals surface area contributed by atoms with Crippen LogP contribution in [-0.4, -0.2) is 313 Å². The van der Waals surface area contributed by atoms with E-state index in [1.807, 2.05) is 34.1 Å². The Morgan fingerprint density at radius 1 is 0.538 bits per heavy atom. The highest BCUT2D eigenvalue weighted by molar-refractivity contribution is 5.85. The third-order valence-electron chi connectivity index (χ3n) is 16.7. The first-order valence-electron chi connectivity index (χ1n) is 31.9. The number of carboxylic acid groups (broad SMARTS) is 7. The van der Waals surface area contributed by atoms with E-state index < -0.39 is 85.0 Å². The topological polar surface area (TPSA) is 445 Å². The van der Waals surface area contributed by atoms with Gasteiger partial charge in [-0.15, -0.1) is 0 Å². The first kappa shape index (κ1) is 75.8. The Hall–Kier alpha value is -7.95. The molecule has 0 saturated carbocycles. The summed E-state index contributed by atoms with van der Waals surface area (Å²) < 4.78 is 0. The number of carboxylic acids is 7. The van der Waals surface area contributed by atoms with E-state index in [-0.39, 0.29) is 97.0 Å². The highest BCUT2D eigenvalue weighted by atomic mass is 16.4. The highest BCUT2D eigenvalue weighted by Crippen LogP contribution is 2.24. The molecule has 4 heterocycles. The van der Waals surface area contributed by atoms with Gasteiger partial charge >= 0.3 is 47.8 Å². The zero-order valence-corrected chi connectivity index (χ0v) is 53.0. The second-order valence-corrected chi connectivity index (χ2v) is 24.0. The number of carbonyl (C=O) groups is 10. The average Bonchev–Trinajstić information content (AvgIpc) is 0.851. The number of aliphatic hydroxyl groups excluding tert-OH is 1. The fraction of sp³-hybridized carbons (Fsp3) is 0.683. The molecule has 0 aliphatic carbocycles. The molecule has 518 valence electrons. The molecular formula is C60H95N15O18. The summed E-state index contributed by atoms with van der Waals surface area (Å²) >= 11 is 0. The molecule has 33 heteroatoms. The van der Waals surface area contributed by atoms with Crippen LogP contribution in [0.1, 0.15) is 95.5 Å². The third-order valence-corrected chi connectivity index (χ3v) is 16.7. The monoisotopic (exact) mass is 1310 g/mol. The van der Waals surface area contributed by atoms with Gasteiger partial charge in [0.2, 0.25) is 23.8 Å². The van der Waals surface area contributed by atoms with Crippen molar-refractivity contribution in [2.75, 3.05) is 166 Å². The van der Waals surface area contributed by atoms with Crippen molar-refractivity contribution in [1.82, 2.24) is 60.3 Å². The largest absolute Gasteiger partial charge is 0.481 e. The lowest BCUT2D eigenvalue weighted by molar-refractivity contribution is -0.142. The summed E-state index contributed by atoms with van der Waals surface area (Å²) in [6.45, 7) is 5.04. The second kappa shape index (κ2) is 40.2. The SMILES string of the molecule is O=C[C@@](CO)(CCC(=O)O)NC(=O)N[C@@H](CCCCNC(=O)CCCCCCCCCCN1CCN(c2nc(Nc3ccc(CC4CN(CC(=O)O)CCN(CC(=O)O)CCN(CC(=O)O)CCN4CC(=O)O)cc3)nc(N3CCN(CC(=O)O)CC3)n2)CC1)C(=O)O. The van der Waals surface area contributed by atoms with Crippen molar-refractivity contribution >= 4 is 83.5 Å². The fourth-order valence-electron chi connectivity index (χ4n) is 11.4. The van der Waals surface area contributed by atoms with Gasteiger partial charge < -0.3 is 76.7 Å². The van der Waals surface area contributed by atoms with Crippen molar-refractivity contribution in [2.24, 2.45) is 0 Å². The Labute approximate surface area is 540 Å². The Balaban J connectivity index is 1.08. The summed E-state index contributed by atoms with van der Waals surface area (Å²) in [7, 11) is 0. The van der Waals surface area contributed by atoms with Gasteiger partial charge in [-0.05, 0) is 69.2 Å². The average molecular weight is 1310 g/mol. The zero-order chi connectivity index (χ0) is 67.7. The summed E-state index contributed by atoms with van der Waals surface area (Å²) in [4.78, 5) is 148. The molecule has 3 saturated heterocycles. The number of rotatable bonds is 40. The minimum atomic E-state index is -1.87. The normalized spacial score (nSPS) is 18.0. The Morgan fingerprint density at radius 3 is 1.53 bits per heavy atom. The molecule has 1 unspecified atom stereocenters. The number of nitrogens with one attached hydrogen (secondary N) is 4.